The maximum atomic E-state index is 11.5. The summed E-state index contributed by atoms with van der Waals surface area (Å²) in [6.45, 7) is 20.1. The number of carbonyl (C=O) groups excluding carboxylic acids is 1. The van der Waals surface area contributed by atoms with E-state index < -0.39 is 25.2 Å². The van der Waals surface area contributed by atoms with Crippen LogP contribution in [-0.2, 0) is 17.8 Å². The van der Waals surface area contributed by atoms with Gasteiger partial charge in [-0.1, -0.05) is 28.4 Å². The van der Waals surface area contributed by atoms with E-state index >= 15 is 0 Å². The molecule has 134 valence electrons. The first kappa shape index (κ1) is 26.7. The van der Waals surface area contributed by atoms with Crippen LogP contribution in [0.5, 0.6) is 0 Å². The maximum absolute atomic E-state index is 11.5. The Morgan fingerprint density at radius 1 is 0.955 bits per heavy atom. The van der Waals surface area contributed by atoms with Crippen molar-refractivity contribution in [2.75, 3.05) is 6.23 Å². The molecule has 0 radical (unpaired) electrons. The number of ether oxygens (including phenoxy) is 1. The fourth-order valence-corrected chi connectivity index (χ4v) is 14.3. The molecule has 0 atom stereocenters. The first-order chi connectivity index (χ1) is 8.80. The second kappa shape index (κ2) is 9.82. The van der Waals surface area contributed by atoms with Crippen LogP contribution in [-0.4, -0.2) is 37.4 Å². The molecule has 0 aliphatic rings. The molecule has 0 saturated carbocycles. The third-order valence-corrected chi connectivity index (χ3v) is 13.7. The minimum atomic E-state index is -2.18. The van der Waals surface area contributed by atoms with Crippen LogP contribution < -0.4 is 0 Å². The van der Waals surface area contributed by atoms with Gasteiger partial charge in [0.25, 0.3) is 0 Å². The summed E-state index contributed by atoms with van der Waals surface area (Å²) in [6, 6.07) is 1.07. The summed E-state index contributed by atoms with van der Waals surface area (Å²) < 4.78 is 17.8. The van der Waals surface area contributed by atoms with E-state index in [0.717, 1.165) is 6.04 Å². The summed E-state index contributed by atoms with van der Waals surface area (Å²) in [6.07, 6.45) is 0.340. The van der Waals surface area contributed by atoms with Crippen molar-refractivity contribution in [2.45, 2.75) is 74.0 Å². The minimum Gasteiger partial charge on any atom is -0.463 e. The summed E-state index contributed by atoms with van der Waals surface area (Å²) >= 11 is 0. The SMILES string of the molecule is C.C.C=C(C)C(=O)OC[Si](C)(C)O[Si](C)(C)O[Si](C)(C)CC. The Morgan fingerprint density at radius 2 is 1.36 bits per heavy atom. The highest BCUT2D eigenvalue weighted by atomic mass is 28.5. The predicted molar refractivity (Wildman–Crippen MR) is 104 cm³/mol. The summed E-state index contributed by atoms with van der Waals surface area (Å²) in [7, 11) is -5.91. The Bertz CT molecular complexity index is 366. The summed E-state index contributed by atoms with van der Waals surface area (Å²) in [5, 5.41) is 0. The van der Waals surface area contributed by atoms with Gasteiger partial charge in [-0.05, 0) is 52.2 Å². The molecule has 4 nitrogen and oxygen atoms in total. The van der Waals surface area contributed by atoms with Crippen molar-refractivity contribution < 1.29 is 17.8 Å². The van der Waals surface area contributed by atoms with Gasteiger partial charge in [-0.15, -0.1) is 0 Å². The highest BCUT2D eigenvalue weighted by molar-refractivity contribution is 6.87. The molecule has 0 spiro atoms. The van der Waals surface area contributed by atoms with Crippen molar-refractivity contribution in [1.29, 1.82) is 0 Å². The van der Waals surface area contributed by atoms with Gasteiger partial charge in [0.1, 0.15) is 6.23 Å². The Morgan fingerprint density at radius 3 is 1.73 bits per heavy atom. The van der Waals surface area contributed by atoms with Gasteiger partial charge < -0.3 is 13.0 Å². The molecular formula is C15H38O4Si3. The molecule has 0 unspecified atom stereocenters. The highest BCUT2D eigenvalue weighted by Gasteiger charge is 2.39. The lowest BCUT2D eigenvalue weighted by Gasteiger charge is -2.38. The molecule has 0 heterocycles. The standard InChI is InChI=1S/C13H30O4Si3.2CH4/c1-10-18(4,5)16-20(8,9)17-19(6,7)11-15-13(14)12(2)3;;/h2,10-11H2,1,3-9H3;2*1H4. The lowest BCUT2D eigenvalue weighted by atomic mass is 10.4. The fourth-order valence-electron chi connectivity index (χ4n) is 1.82. The van der Waals surface area contributed by atoms with Crippen molar-refractivity contribution in [2.24, 2.45) is 0 Å². The van der Waals surface area contributed by atoms with Gasteiger partial charge in [-0.25, -0.2) is 4.79 Å². The third kappa shape index (κ3) is 11.4. The van der Waals surface area contributed by atoms with E-state index in [1.165, 1.54) is 0 Å². The number of rotatable bonds is 8. The van der Waals surface area contributed by atoms with Crippen LogP contribution >= 0.6 is 0 Å². The molecule has 0 aromatic rings. The van der Waals surface area contributed by atoms with Gasteiger partial charge in [0.2, 0.25) is 8.32 Å². The van der Waals surface area contributed by atoms with Gasteiger partial charge in [-0.3, -0.25) is 0 Å². The van der Waals surface area contributed by atoms with E-state index in [1.54, 1.807) is 6.92 Å². The molecule has 0 amide bonds. The van der Waals surface area contributed by atoms with E-state index in [0.29, 0.717) is 11.8 Å². The van der Waals surface area contributed by atoms with Crippen LogP contribution in [0.1, 0.15) is 28.7 Å². The number of carbonyl (C=O) groups is 1. The lowest BCUT2D eigenvalue weighted by molar-refractivity contribution is -0.137. The summed E-state index contributed by atoms with van der Waals surface area (Å²) in [5.74, 6) is -0.349. The quantitative estimate of drug-likeness (QED) is 0.341. The Labute approximate surface area is 141 Å². The summed E-state index contributed by atoms with van der Waals surface area (Å²) in [5.41, 5.74) is 0.419. The third-order valence-electron chi connectivity index (χ3n) is 2.79. The zero-order chi connectivity index (χ0) is 16.2. The van der Waals surface area contributed by atoms with Crippen molar-refractivity contribution in [3.63, 3.8) is 0 Å². The fraction of sp³-hybridized carbons (Fsp3) is 0.800. The largest absolute Gasteiger partial charge is 0.463 e. The van der Waals surface area contributed by atoms with Crippen molar-refractivity contribution in [3.8, 4) is 0 Å². The maximum Gasteiger partial charge on any atom is 0.332 e. The topological polar surface area (TPSA) is 44.8 Å². The van der Waals surface area contributed by atoms with Crippen molar-refractivity contribution >= 4 is 31.2 Å². The van der Waals surface area contributed by atoms with Crippen LogP contribution in [0.4, 0.5) is 0 Å². The first-order valence-electron chi connectivity index (χ1n) is 7.03. The molecule has 0 saturated heterocycles. The molecular weight excluding hydrogens is 328 g/mol. The van der Waals surface area contributed by atoms with Gasteiger partial charge in [0, 0.05) is 5.57 Å². The minimum absolute atomic E-state index is 0. The molecule has 0 aromatic heterocycles. The normalized spacial score (nSPS) is 12.0. The molecule has 0 aromatic carbocycles. The zero-order valence-electron chi connectivity index (χ0n) is 14.3. The van der Waals surface area contributed by atoms with Crippen molar-refractivity contribution in [1.82, 2.24) is 0 Å². The number of esters is 1. The van der Waals surface area contributed by atoms with Crippen LogP contribution in [0.2, 0.25) is 45.3 Å². The zero-order valence-corrected chi connectivity index (χ0v) is 17.3. The van der Waals surface area contributed by atoms with E-state index in [9.17, 15) is 4.79 Å². The Hall–Kier alpha value is -0.219. The number of hydrogen-bond acceptors (Lipinski definition) is 4. The second-order valence-corrected chi connectivity index (χ2v) is 19.3. The molecule has 7 heteroatoms. The molecule has 0 aliphatic carbocycles. The van der Waals surface area contributed by atoms with Gasteiger partial charge in [0.05, 0.1) is 0 Å². The van der Waals surface area contributed by atoms with Gasteiger partial charge in [0.15, 0.2) is 8.32 Å². The molecule has 0 bridgehead atoms. The number of hydrogen-bond donors (Lipinski definition) is 0. The van der Waals surface area contributed by atoms with Crippen LogP contribution in [0.25, 0.3) is 0 Å². The van der Waals surface area contributed by atoms with Gasteiger partial charge in [-0.2, -0.15) is 0 Å². The monoisotopic (exact) mass is 366 g/mol. The Kier molecular flexibility index (Phi) is 11.9. The predicted octanol–water partition coefficient (Wildman–Crippen LogP) is 5.08. The van der Waals surface area contributed by atoms with Crippen LogP contribution in [0.15, 0.2) is 12.2 Å². The molecule has 22 heavy (non-hydrogen) atoms. The van der Waals surface area contributed by atoms with Crippen molar-refractivity contribution in [3.05, 3.63) is 12.2 Å². The summed E-state index contributed by atoms with van der Waals surface area (Å²) in [4.78, 5) is 11.5. The molecule has 0 N–H and O–H groups in total. The first-order valence-corrected chi connectivity index (χ1v) is 16.1. The van der Waals surface area contributed by atoms with E-state index in [1.807, 2.05) is 0 Å². The van der Waals surface area contributed by atoms with E-state index in [2.05, 4.69) is 52.8 Å². The van der Waals surface area contributed by atoms with E-state index in [4.69, 9.17) is 13.0 Å². The molecule has 0 rings (SSSR count). The average molecular weight is 367 g/mol. The smallest absolute Gasteiger partial charge is 0.332 e. The van der Waals surface area contributed by atoms with Crippen LogP contribution in [0, 0.1) is 0 Å². The van der Waals surface area contributed by atoms with E-state index in [-0.39, 0.29) is 20.8 Å². The Balaban J connectivity index is -0.00000180. The highest BCUT2D eigenvalue weighted by Crippen LogP contribution is 2.22. The molecule has 0 fully saturated rings. The second-order valence-electron chi connectivity index (χ2n) is 6.83. The van der Waals surface area contributed by atoms with Gasteiger partial charge >= 0.3 is 14.5 Å². The average Bonchev–Trinajstić information content (AvgIpc) is 2.22. The van der Waals surface area contributed by atoms with Crippen LogP contribution in [0.3, 0.4) is 0 Å². The lowest BCUT2D eigenvalue weighted by Crippen LogP contribution is -2.54. The molecule has 0 aliphatic heterocycles.